The van der Waals surface area contributed by atoms with Crippen molar-refractivity contribution in [1.29, 1.82) is 0 Å². The topological polar surface area (TPSA) is 111 Å². The lowest BCUT2D eigenvalue weighted by atomic mass is 10.2. The predicted octanol–water partition coefficient (Wildman–Crippen LogP) is 3.97. The van der Waals surface area contributed by atoms with Crippen LogP contribution in [-0.2, 0) is 26.1 Å². The van der Waals surface area contributed by atoms with E-state index in [1.807, 2.05) is 18.2 Å². The summed E-state index contributed by atoms with van der Waals surface area (Å²) in [7, 11) is -2.39. The van der Waals surface area contributed by atoms with Crippen LogP contribution in [0, 0.1) is 13.8 Å². The highest BCUT2D eigenvalue weighted by atomic mass is 32.2. The van der Waals surface area contributed by atoms with Gasteiger partial charge in [-0.2, -0.15) is 0 Å². The van der Waals surface area contributed by atoms with Crippen molar-refractivity contribution < 1.29 is 27.5 Å². The van der Waals surface area contributed by atoms with Gasteiger partial charge in [0.25, 0.3) is 15.9 Å². The summed E-state index contributed by atoms with van der Waals surface area (Å²) in [5.41, 5.74) is 2.27. The minimum absolute atomic E-state index is 0.00353. The summed E-state index contributed by atoms with van der Waals surface area (Å²) in [4.78, 5) is 25.4. The van der Waals surface area contributed by atoms with Crippen molar-refractivity contribution in [2.75, 3.05) is 11.8 Å². The van der Waals surface area contributed by atoms with E-state index in [2.05, 4.69) is 10.0 Å². The quantitative estimate of drug-likeness (QED) is 0.434. The number of benzene rings is 3. The molecule has 0 aliphatic carbocycles. The van der Waals surface area contributed by atoms with Crippen LogP contribution in [0.1, 0.15) is 34.0 Å². The highest BCUT2D eigenvalue weighted by Crippen LogP contribution is 2.24. The monoisotopic (exact) mass is 496 g/mol. The van der Waals surface area contributed by atoms with Gasteiger partial charge in [-0.05, 0) is 67.8 Å². The van der Waals surface area contributed by atoms with Crippen LogP contribution in [0.2, 0.25) is 0 Å². The maximum absolute atomic E-state index is 13.0. The van der Waals surface area contributed by atoms with Crippen LogP contribution in [0.15, 0.2) is 71.6 Å². The number of para-hydroxylation sites is 1. The number of carbonyl (C=O) groups is 2. The van der Waals surface area contributed by atoms with Gasteiger partial charge in [-0.1, -0.05) is 36.4 Å². The number of carbonyl (C=O) groups excluding carboxylic acids is 2. The Balaban J connectivity index is 1.68. The number of anilines is 1. The smallest absolute Gasteiger partial charge is 0.341 e. The van der Waals surface area contributed by atoms with Crippen LogP contribution >= 0.6 is 0 Å². The maximum atomic E-state index is 13.0. The Labute approximate surface area is 205 Å². The molecule has 0 unspecified atom stereocenters. The normalized spacial score (nSPS) is 11.9. The first-order chi connectivity index (χ1) is 16.6. The van der Waals surface area contributed by atoms with E-state index in [4.69, 9.17) is 9.47 Å². The second-order valence-corrected chi connectivity index (χ2v) is 9.68. The van der Waals surface area contributed by atoms with E-state index in [1.165, 1.54) is 19.1 Å². The molecular formula is C26H28N2O6S. The molecule has 0 spiro atoms. The van der Waals surface area contributed by atoms with Crippen LogP contribution < -0.4 is 14.8 Å². The second-order valence-electron chi connectivity index (χ2n) is 8.03. The second kappa shape index (κ2) is 11.1. The fourth-order valence-corrected chi connectivity index (χ4v) is 4.71. The van der Waals surface area contributed by atoms with Crippen LogP contribution in [0.3, 0.4) is 0 Å². The molecule has 0 aromatic heterocycles. The highest BCUT2D eigenvalue weighted by molar-refractivity contribution is 7.92. The van der Waals surface area contributed by atoms with E-state index in [0.717, 1.165) is 11.1 Å². The van der Waals surface area contributed by atoms with E-state index >= 15 is 0 Å². The molecule has 0 saturated heterocycles. The molecule has 0 saturated carbocycles. The average Bonchev–Trinajstić information content (AvgIpc) is 2.84. The molecule has 3 aromatic carbocycles. The summed E-state index contributed by atoms with van der Waals surface area (Å²) >= 11 is 0. The third kappa shape index (κ3) is 6.60. The molecule has 1 atom stereocenters. The van der Waals surface area contributed by atoms with Gasteiger partial charge in [-0.25, -0.2) is 13.2 Å². The molecule has 2 N–H and O–H groups in total. The molecule has 0 aliphatic rings. The standard InChI is InChI=1S/C26H28N2O6S/c1-17-9-10-18(2)24(15-17)35(31,32)28-23-8-6-5-7-22(23)26(30)34-19(3)25(29)27-16-20-11-13-21(33-4)14-12-20/h5-15,19,28H,16H2,1-4H3,(H,27,29)/t19-/m0/s1. The van der Waals surface area contributed by atoms with Gasteiger partial charge in [0.15, 0.2) is 6.10 Å². The third-order valence-electron chi connectivity index (χ3n) is 5.30. The summed E-state index contributed by atoms with van der Waals surface area (Å²) in [6.07, 6.45) is -1.09. The summed E-state index contributed by atoms with van der Waals surface area (Å²) in [5, 5.41) is 2.71. The number of rotatable bonds is 9. The van der Waals surface area contributed by atoms with E-state index in [9.17, 15) is 18.0 Å². The number of amides is 1. The zero-order chi connectivity index (χ0) is 25.6. The Kier molecular flexibility index (Phi) is 8.14. The van der Waals surface area contributed by atoms with Crippen LogP contribution in [0.25, 0.3) is 0 Å². The van der Waals surface area contributed by atoms with Crippen LogP contribution in [-0.4, -0.2) is 33.5 Å². The van der Waals surface area contributed by atoms with Crippen molar-refractivity contribution in [1.82, 2.24) is 5.32 Å². The molecule has 1 amide bonds. The lowest BCUT2D eigenvalue weighted by Crippen LogP contribution is -2.35. The van der Waals surface area contributed by atoms with Crippen molar-refractivity contribution in [3.05, 3.63) is 89.0 Å². The molecule has 8 nitrogen and oxygen atoms in total. The zero-order valence-electron chi connectivity index (χ0n) is 20.0. The van der Waals surface area contributed by atoms with Gasteiger partial charge in [0.2, 0.25) is 0 Å². The summed E-state index contributed by atoms with van der Waals surface area (Å²) < 4.78 is 38.9. The molecule has 184 valence electrons. The van der Waals surface area contributed by atoms with Crippen molar-refractivity contribution in [2.45, 2.75) is 38.3 Å². The zero-order valence-corrected chi connectivity index (χ0v) is 20.8. The molecule has 0 fully saturated rings. The molecule has 35 heavy (non-hydrogen) atoms. The summed E-state index contributed by atoms with van der Waals surface area (Å²) in [6.45, 7) is 5.19. The highest BCUT2D eigenvalue weighted by Gasteiger charge is 2.24. The molecule has 0 radical (unpaired) electrons. The van der Waals surface area contributed by atoms with Crippen LogP contribution in [0.5, 0.6) is 5.75 Å². The van der Waals surface area contributed by atoms with E-state index in [1.54, 1.807) is 57.4 Å². The van der Waals surface area contributed by atoms with E-state index < -0.39 is 28.0 Å². The number of methoxy groups -OCH3 is 1. The van der Waals surface area contributed by atoms with Gasteiger partial charge in [-0.3, -0.25) is 9.52 Å². The van der Waals surface area contributed by atoms with Gasteiger partial charge in [0, 0.05) is 6.54 Å². The third-order valence-corrected chi connectivity index (χ3v) is 6.81. The van der Waals surface area contributed by atoms with Gasteiger partial charge in [0.05, 0.1) is 23.3 Å². The molecule has 3 aromatic rings. The van der Waals surface area contributed by atoms with Gasteiger partial charge in [-0.15, -0.1) is 0 Å². The number of nitrogens with one attached hydrogen (secondary N) is 2. The lowest BCUT2D eigenvalue weighted by Gasteiger charge is -2.16. The SMILES string of the molecule is COc1ccc(CNC(=O)[C@H](C)OC(=O)c2ccccc2NS(=O)(=O)c2cc(C)ccc2C)cc1. The fourth-order valence-electron chi connectivity index (χ4n) is 3.30. The predicted molar refractivity (Wildman–Crippen MR) is 133 cm³/mol. The Hall–Kier alpha value is -3.85. The number of hydrogen-bond acceptors (Lipinski definition) is 6. The van der Waals surface area contributed by atoms with Gasteiger partial charge < -0.3 is 14.8 Å². The molecule has 0 aliphatic heterocycles. The van der Waals surface area contributed by atoms with Gasteiger partial charge >= 0.3 is 5.97 Å². The van der Waals surface area contributed by atoms with Crippen molar-refractivity contribution in [2.24, 2.45) is 0 Å². The molecule has 0 heterocycles. The Morgan fingerprint density at radius 1 is 0.971 bits per heavy atom. The summed E-state index contributed by atoms with van der Waals surface area (Å²) in [6, 6.07) is 18.4. The Morgan fingerprint density at radius 3 is 2.34 bits per heavy atom. The van der Waals surface area contributed by atoms with E-state index in [0.29, 0.717) is 11.3 Å². The fraction of sp³-hybridized carbons (Fsp3) is 0.231. The molecular weight excluding hydrogens is 468 g/mol. The first-order valence-electron chi connectivity index (χ1n) is 10.9. The molecule has 9 heteroatoms. The average molecular weight is 497 g/mol. The van der Waals surface area contributed by atoms with Gasteiger partial charge in [0.1, 0.15) is 5.75 Å². The number of esters is 1. The van der Waals surface area contributed by atoms with Crippen LogP contribution in [0.4, 0.5) is 5.69 Å². The lowest BCUT2D eigenvalue weighted by molar-refractivity contribution is -0.129. The van der Waals surface area contributed by atoms with Crippen molar-refractivity contribution >= 4 is 27.6 Å². The number of ether oxygens (including phenoxy) is 2. The van der Waals surface area contributed by atoms with E-state index in [-0.39, 0.29) is 22.7 Å². The number of sulfonamides is 1. The minimum Gasteiger partial charge on any atom is -0.497 e. The maximum Gasteiger partial charge on any atom is 0.341 e. The van der Waals surface area contributed by atoms with Crippen molar-refractivity contribution in [3.63, 3.8) is 0 Å². The number of hydrogen-bond donors (Lipinski definition) is 2. The Bertz CT molecular complexity index is 1320. The van der Waals surface area contributed by atoms with Crippen molar-refractivity contribution in [3.8, 4) is 5.75 Å². The Morgan fingerprint density at radius 2 is 1.66 bits per heavy atom. The first kappa shape index (κ1) is 25.8. The molecule has 0 bridgehead atoms. The minimum atomic E-state index is -3.96. The first-order valence-corrected chi connectivity index (χ1v) is 12.4. The molecule has 3 rings (SSSR count). The number of aryl methyl sites for hydroxylation is 2. The largest absolute Gasteiger partial charge is 0.497 e. The summed E-state index contributed by atoms with van der Waals surface area (Å²) in [5.74, 6) is -0.604.